The first-order chi connectivity index (χ1) is 10.2. The molecule has 112 valence electrons. The summed E-state index contributed by atoms with van der Waals surface area (Å²) in [5, 5.41) is 0. The molecular formula is C17H21FN2O. The lowest BCUT2D eigenvalue weighted by Gasteiger charge is -2.18. The molecule has 0 radical (unpaired) electrons. The van der Waals surface area contributed by atoms with Crippen LogP contribution in [0.3, 0.4) is 0 Å². The van der Waals surface area contributed by atoms with Gasteiger partial charge in [0.05, 0.1) is 0 Å². The molecule has 2 N–H and O–H groups in total. The van der Waals surface area contributed by atoms with Gasteiger partial charge in [-0.25, -0.2) is 4.39 Å². The van der Waals surface area contributed by atoms with Gasteiger partial charge < -0.3 is 10.5 Å². The molecule has 2 aromatic rings. The van der Waals surface area contributed by atoms with Gasteiger partial charge in [0.1, 0.15) is 18.2 Å². The maximum absolute atomic E-state index is 12.8. The van der Waals surface area contributed by atoms with Crippen LogP contribution in [0.5, 0.6) is 5.75 Å². The first kappa shape index (κ1) is 15.5. The van der Waals surface area contributed by atoms with E-state index in [9.17, 15) is 4.39 Å². The fourth-order valence-corrected chi connectivity index (χ4v) is 2.11. The van der Waals surface area contributed by atoms with Crippen molar-refractivity contribution < 1.29 is 9.13 Å². The Hall–Kier alpha value is -1.91. The summed E-state index contributed by atoms with van der Waals surface area (Å²) in [5.74, 6) is 0.637. The highest BCUT2D eigenvalue weighted by atomic mass is 19.1. The van der Waals surface area contributed by atoms with Gasteiger partial charge in [0, 0.05) is 25.2 Å². The van der Waals surface area contributed by atoms with Gasteiger partial charge in [-0.3, -0.25) is 4.90 Å². The molecule has 2 rings (SSSR count). The summed E-state index contributed by atoms with van der Waals surface area (Å²) in [5.41, 5.74) is 7.77. The van der Waals surface area contributed by atoms with Crippen molar-refractivity contribution >= 4 is 0 Å². The van der Waals surface area contributed by atoms with Crippen molar-refractivity contribution in [2.45, 2.75) is 13.1 Å². The third kappa shape index (κ3) is 4.85. The molecule has 0 spiro atoms. The van der Waals surface area contributed by atoms with Gasteiger partial charge in [0.25, 0.3) is 0 Å². The van der Waals surface area contributed by atoms with Crippen LogP contribution in [0, 0.1) is 5.82 Å². The van der Waals surface area contributed by atoms with Crippen molar-refractivity contribution in [3.8, 4) is 5.75 Å². The van der Waals surface area contributed by atoms with E-state index in [0.717, 1.165) is 30.0 Å². The van der Waals surface area contributed by atoms with Crippen LogP contribution in [0.1, 0.15) is 11.1 Å². The maximum Gasteiger partial charge on any atom is 0.123 e. The van der Waals surface area contributed by atoms with Crippen molar-refractivity contribution in [2.75, 3.05) is 20.2 Å². The quantitative estimate of drug-likeness (QED) is 0.851. The van der Waals surface area contributed by atoms with Gasteiger partial charge in [-0.2, -0.15) is 0 Å². The van der Waals surface area contributed by atoms with Crippen molar-refractivity contribution in [1.29, 1.82) is 0 Å². The summed E-state index contributed by atoms with van der Waals surface area (Å²) >= 11 is 0. The summed E-state index contributed by atoms with van der Waals surface area (Å²) in [4.78, 5) is 2.14. The molecule has 0 bridgehead atoms. The van der Waals surface area contributed by atoms with E-state index in [-0.39, 0.29) is 5.82 Å². The number of hydrogen-bond acceptors (Lipinski definition) is 3. The number of halogens is 1. The molecule has 0 heterocycles. The second-order valence-electron chi connectivity index (χ2n) is 5.02. The molecule has 0 saturated heterocycles. The van der Waals surface area contributed by atoms with E-state index < -0.39 is 0 Å². The number of ether oxygens (including phenoxy) is 1. The van der Waals surface area contributed by atoms with Crippen LogP contribution in [0.4, 0.5) is 4.39 Å². The monoisotopic (exact) mass is 288 g/mol. The Labute approximate surface area is 125 Å². The van der Waals surface area contributed by atoms with Crippen LogP contribution < -0.4 is 10.5 Å². The average Bonchev–Trinajstić information content (AvgIpc) is 2.50. The summed E-state index contributed by atoms with van der Waals surface area (Å²) in [6.07, 6.45) is 0. The van der Waals surface area contributed by atoms with Gasteiger partial charge in [-0.1, -0.05) is 30.3 Å². The number of nitrogens with zero attached hydrogens (tertiary/aromatic N) is 1. The molecule has 4 heteroatoms. The lowest BCUT2D eigenvalue weighted by atomic mass is 10.2. The van der Waals surface area contributed by atoms with E-state index in [1.54, 1.807) is 12.1 Å². The van der Waals surface area contributed by atoms with Gasteiger partial charge in [0.15, 0.2) is 0 Å². The first-order valence-corrected chi connectivity index (χ1v) is 7.03. The second-order valence-corrected chi connectivity index (χ2v) is 5.02. The second kappa shape index (κ2) is 7.76. The maximum atomic E-state index is 12.8. The largest absolute Gasteiger partial charge is 0.492 e. The summed E-state index contributed by atoms with van der Waals surface area (Å²) < 4.78 is 18.6. The predicted octanol–water partition coefficient (Wildman–Crippen LogP) is 2.80. The molecular weight excluding hydrogens is 267 g/mol. The molecule has 3 nitrogen and oxygen atoms in total. The molecule has 0 aliphatic heterocycles. The van der Waals surface area contributed by atoms with Crippen LogP contribution >= 0.6 is 0 Å². The highest BCUT2D eigenvalue weighted by Gasteiger charge is 2.03. The van der Waals surface area contributed by atoms with E-state index in [0.29, 0.717) is 13.2 Å². The SMILES string of the molecule is CN(CCOc1ccccc1CN)Cc1ccc(F)cc1. The standard InChI is InChI=1S/C17H21FN2O/c1-20(13-14-6-8-16(18)9-7-14)10-11-21-17-5-3-2-4-15(17)12-19/h2-9H,10-13,19H2,1H3. The minimum absolute atomic E-state index is 0.205. The highest BCUT2D eigenvalue weighted by molar-refractivity contribution is 5.32. The number of rotatable bonds is 7. The van der Waals surface area contributed by atoms with Crippen LogP contribution in [0.25, 0.3) is 0 Å². The van der Waals surface area contributed by atoms with E-state index in [4.69, 9.17) is 10.5 Å². The van der Waals surface area contributed by atoms with E-state index in [2.05, 4.69) is 4.90 Å². The Kier molecular flexibility index (Phi) is 5.72. The third-order valence-electron chi connectivity index (χ3n) is 3.29. The first-order valence-electron chi connectivity index (χ1n) is 7.03. The molecule has 0 aliphatic rings. The Bertz CT molecular complexity index is 557. The van der Waals surface area contributed by atoms with Crippen molar-refractivity contribution in [3.05, 3.63) is 65.5 Å². The molecule has 2 aromatic carbocycles. The van der Waals surface area contributed by atoms with Gasteiger partial charge in [-0.15, -0.1) is 0 Å². The molecule has 0 aromatic heterocycles. The van der Waals surface area contributed by atoms with Crippen molar-refractivity contribution in [3.63, 3.8) is 0 Å². The zero-order valence-corrected chi connectivity index (χ0v) is 12.3. The van der Waals surface area contributed by atoms with Crippen LogP contribution in [-0.2, 0) is 13.1 Å². The molecule has 0 atom stereocenters. The zero-order valence-electron chi connectivity index (χ0n) is 12.3. The van der Waals surface area contributed by atoms with Crippen LogP contribution in [0.2, 0.25) is 0 Å². The molecule has 0 amide bonds. The minimum atomic E-state index is -0.205. The van der Waals surface area contributed by atoms with Gasteiger partial charge >= 0.3 is 0 Å². The summed E-state index contributed by atoms with van der Waals surface area (Å²) in [6, 6.07) is 14.4. The van der Waals surface area contributed by atoms with Crippen molar-refractivity contribution in [1.82, 2.24) is 4.90 Å². The van der Waals surface area contributed by atoms with Crippen molar-refractivity contribution in [2.24, 2.45) is 5.73 Å². The van der Waals surface area contributed by atoms with E-state index >= 15 is 0 Å². The minimum Gasteiger partial charge on any atom is -0.492 e. The Balaban J connectivity index is 1.79. The predicted molar refractivity (Wildman–Crippen MR) is 82.6 cm³/mol. The highest BCUT2D eigenvalue weighted by Crippen LogP contribution is 2.16. The van der Waals surface area contributed by atoms with Crippen LogP contribution in [0.15, 0.2) is 48.5 Å². The van der Waals surface area contributed by atoms with E-state index in [1.807, 2.05) is 31.3 Å². The van der Waals surface area contributed by atoms with Crippen LogP contribution in [-0.4, -0.2) is 25.1 Å². The van der Waals surface area contributed by atoms with E-state index in [1.165, 1.54) is 12.1 Å². The Morgan fingerprint density at radius 2 is 1.81 bits per heavy atom. The fourth-order valence-electron chi connectivity index (χ4n) is 2.11. The molecule has 0 aliphatic carbocycles. The number of benzene rings is 2. The van der Waals surface area contributed by atoms with Gasteiger partial charge in [-0.05, 0) is 30.8 Å². The molecule has 0 unspecified atom stereocenters. The molecule has 0 saturated carbocycles. The summed E-state index contributed by atoms with van der Waals surface area (Å²) in [7, 11) is 2.02. The molecule has 21 heavy (non-hydrogen) atoms. The zero-order chi connectivity index (χ0) is 15.1. The lowest BCUT2D eigenvalue weighted by molar-refractivity contribution is 0.231. The topological polar surface area (TPSA) is 38.5 Å². The fraction of sp³-hybridized carbons (Fsp3) is 0.294. The lowest BCUT2D eigenvalue weighted by Crippen LogP contribution is -2.24. The number of nitrogens with two attached hydrogens (primary N) is 1. The number of likely N-dealkylation sites (N-methyl/N-ethyl adjacent to an activating group) is 1. The molecule has 0 fully saturated rings. The Morgan fingerprint density at radius 3 is 2.52 bits per heavy atom. The third-order valence-corrected chi connectivity index (χ3v) is 3.29. The summed E-state index contributed by atoms with van der Waals surface area (Å²) in [6.45, 7) is 2.62. The smallest absolute Gasteiger partial charge is 0.123 e. The van der Waals surface area contributed by atoms with Gasteiger partial charge in [0.2, 0.25) is 0 Å². The number of hydrogen-bond donors (Lipinski definition) is 1. The average molecular weight is 288 g/mol. The normalized spacial score (nSPS) is 10.9. The number of para-hydroxylation sites is 1. The Morgan fingerprint density at radius 1 is 1.10 bits per heavy atom.